The van der Waals surface area contributed by atoms with Crippen molar-refractivity contribution in [1.82, 2.24) is 0 Å². The van der Waals surface area contributed by atoms with Gasteiger partial charge in [0.05, 0.1) is 6.57 Å². The molecule has 0 bridgehead atoms. The third-order valence-electron chi connectivity index (χ3n) is 2.23. The van der Waals surface area contributed by atoms with E-state index < -0.39 is 10.3 Å². The van der Waals surface area contributed by atoms with Crippen molar-refractivity contribution in [1.29, 1.82) is 0 Å². The van der Waals surface area contributed by atoms with E-state index in [2.05, 4.69) is 4.85 Å². The first-order valence-electron chi connectivity index (χ1n) is 6.04. The summed E-state index contributed by atoms with van der Waals surface area (Å²) in [5.74, 6) is -0.237. The summed E-state index contributed by atoms with van der Waals surface area (Å²) >= 11 is 1.44. The zero-order valence-electron chi connectivity index (χ0n) is 12.0. The van der Waals surface area contributed by atoms with E-state index in [0.29, 0.717) is 5.69 Å². The second kappa shape index (κ2) is 5.66. The molecule has 1 aromatic rings. The van der Waals surface area contributed by atoms with Gasteiger partial charge in [-0.3, -0.25) is 4.79 Å². The Morgan fingerprint density at radius 2 is 1.68 bits per heavy atom. The third-order valence-corrected chi connectivity index (χ3v) is 3.41. The van der Waals surface area contributed by atoms with Gasteiger partial charge in [0, 0.05) is 4.90 Å². The highest BCUT2D eigenvalue weighted by molar-refractivity contribution is 8.01. The molecular formula is C15H19NO2S. The topological polar surface area (TPSA) is 30.7 Å². The molecule has 19 heavy (non-hydrogen) atoms. The summed E-state index contributed by atoms with van der Waals surface area (Å²) in [5.41, 5.74) is 0.113. The van der Waals surface area contributed by atoms with E-state index in [9.17, 15) is 4.79 Å². The van der Waals surface area contributed by atoms with Crippen molar-refractivity contribution in [3.8, 4) is 0 Å². The average Bonchev–Trinajstić information content (AvgIpc) is 2.27. The van der Waals surface area contributed by atoms with E-state index in [4.69, 9.17) is 11.3 Å². The highest BCUT2D eigenvalue weighted by Crippen LogP contribution is 2.35. The van der Waals surface area contributed by atoms with Crippen molar-refractivity contribution in [2.45, 2.75) is 49.9 Å². The lowest BCUT2D eigenvalue weighted by molar-refractivity contribution is -0.156. The molecule has 0 amide bonds. The second-order valence-electron chi connectivity index (χ2n) is 5.72. The molecule has 0 atom stereocenters. The monoisotopic (exact) mass is 277 g/mol. The number of ether oxygens (including phenoxy) is 1. The van der Waals surface area contributed by atoms with E-state index in [1.54, 1.807) is 12.1 Å². The van der Waals surface area contributed by atoms with Crippen LogP contribution < -0.4 is 0 Å². The van der Waals surface area contributed by atoms with Crippen LogP contribution in [0, 0.1) is 6.57 Å². The SMILES string of the molecule is [C-]#[N+]c1ccc(SC(C)(C)C(=O)OC(C)(C)C)cc1. The molecule has 102 valence electrons. The van der Waals surface area contributed by atoms with E-state index >= 15 is 0 Å². The van der Waals surface area contributed by atoms with Crippen molar-refractivity contribution in [3.05, 3.63) is 35.7 Å². The minimum absolute atomic E-state index is 0.237. The first-order chi connectivity index (χ1) is 8.64. The van der Waals surface area contributed by atoms with Crippen LogP contribution in [-0.4, -0.2) is 16.3 Å². The first kappa shape index (κ1) is 15.6. The lowest BCUT2D eigenvalue weighted by atomic mass is 10.1. The van der Waals surface area contributed by atoms with Gasteiger partial charge in [0.1, 0.15) is 10.3 Å². The number of rotatable bonds is 3. The number of carbonyl (C=O) groups is 1. The van der Waals surface area contributed by atoms with Gasteiger partial charge in [-0.2, -0.15) is 0 Å². The van der Waals surface area contributed by atoms with Gasteiger partial charge >= 0.3 is 5.97 Å². The van der Waals surface area contributed by atoms with Crippen LogP contribution in [0.2, 0.25) is 0 Å². The predicted octanol–water partition coefficient (Wildman–Crippen LogP) is 4.45. The van der Waals surface area contributed by atoms with Crippen LogP contribution in [0.5, 0.6) is 0 Å². The maximum absolute atomic E-state index is 12.1. The number of hydrogen-bond acceptors (Lipinski definition) is 3. The Bertz CT molecular complexity index is 492. The van der Waals surface area contributed by atoms with Gasteiger partial charge in [-0.05, 0) is 34.6 Å². The van der Waals surface area contributed by atoms with Gasteiger partial charge in [-0.15, -0.1) is 11.8 Å². The van der Waals surface area contributed by atoms with Crippen LogP contribution in [-0.2, 0) is 9.53 Å². The summed E-state index contributed by atoms with van der Waals surface area (Å²) in [4.78, 5) is 16.4. The molecule has 1 aromatic carbocycles. The van der Waals surface area contributed by atoms with Crippen molar-refractivity contribution < 1.29 is 9.53 Å². The number of nitrogens with zero attached hydrogens (tertiary/aromatic N) is 1. The Labute approximate surface area is 119 Å². The van der Waals surface area contributed by atoms with Crippen molar-refractivity contribution >= 4 is 23.4 Å². The molecule has 1 rings (SSSR count). The summed E-state index contributed by atoms with van der Waals surface area (Å²) in [5, 5.41) is 0. The highest BCUT2D eigenvalue weighted by Gasteiger charge is 2.33. The van der Waals surface area contributed by atoms with Crippen LogP contribution in [0.1, 0.15) is 34.6 Å². The van der Waals surface area contributed by atoms with Crippen molar-refractivity contribution in [2.75, 3.05) is 0 Å². The molecule has 0 saturated heterocycles. The fourth-order valence-corrected chi connectivity index (χ4v) is 2.31. The fourth-order valence-electron chi connectivity index (χ4n) is 1.33. The molecule has 0 aliphatic heterocycles. The van der Waals surface area contributed by atoms with Gasteiger partial charge in [0.2, 0.25) is 0 Å². The summed E-state index contributed by atoms with van der Waals surface area (Å²) in [7, 11) is 0. The maximum atomic E-state index is 12.1. The molecule has 0 spiro atoms. The molecule has 0 unspecified atom stereocenters. The molecule has 0 aromatic heterocycles. The minimum Gasteiger partial charge on any atom is -0.459 e. The minimum atomic E-state index is -0.660. The number of hydrogen-bond donors (Lipinski definition) is 0. The van der Waals surface area contributed by atoms with Crippen LogP contribution in [0.4, 0.5) is 5.69 Å². The van der Waals surface area contributed by atoms with E-state index in [1.807, 2.05) is 46.8 Å². The van der Waals surface area contributed by atoms with Crippen molar-refractivity contribution in [2.24, 2.45) is 0 Å². The molecular weight excluding hydrogens is 258 g/mol. The quantitative estimate of drug-likeness (QED) is 0.464. The van der Waals surface area contributed by atoms with Gasteiger partial charge < -0.3 is 4.74 Å². The second-order valence-corrected chi connectivity index (χ2v) is 7.42. The Hall–Kier alpha value is -1.47. The lowest BCUT2D eigenvalue weighted by Crippen LogP contribution is -2.36. The molecule has 0 saturated carbocycles. The van der Waals surface area contributed by atoms with Gasteiger partial charge in [-0.1, -0.05) is 24.3 Å². The summed E-state index contributed by atoms with van der Waals surface area (Å²) in [6, 6.07) is 7.20. The smallest absolute Gasteiger partial charge is 0.322 e. The normalized spacial score (nSPS) is 11.8. The predicted molar refractivity (Wildman–Crippen MR) is 78.5 cm³/mol. The maximum Gasteiger partial charge on any atom is 0.322 e. The largest absolute Gasteiger partial charge is 0.459 e. The Morgan fingerprint density at radius 3 is 2.11 bits per heavy atom. The van der Waals surface area contributed by atoms with Crippen LogP contribution in [0.3, 0.4) is 0 Å². The van der Waals surface area contributed by atoms with Crippen LogP contribution in [0.15, 0.2) is 29.2 Å². The Balaban J connectivity index is 2.78. The summed E-state index contributed by atoms with van der Waals surface area (Å²) in [6.07, 6.45) is 0. The third kappa shape index (κ3) is 4.96. The standard InChI is InChI=1S/C15H19NO2S/c1-14(2,3)18-13(17)15(4,5)19-12-9-7-11(16-6)8-10-12/h7-10H,1-5H3. The Kier molecular flexibility index (Phi) is 4.65. The van der Waals surface area contributed by atoms with E-state index in [1.165, 1.54) is 11.8 Å². The van der Waals surface area contributed by atoms with Crippen LogP contribution in [0.25, 0.3) is 4.85 Å². The molecule has 4 heteroatoms. The van der Waals surface area contributed by atoms with Crippen molar-refractivity contribution in [3.63, 3.8) is 0 Å². The van der Waals surface area contributed by atoms with Crippen LogP contribution >= 0.6 is 11.8 Å². The molecule has 0 heterocycles. The van der Waals surface area contributed by atoms with E-state index in [-0.39, 0.29) is 5.97 Å². The number of esters is 1. The average molecular weight is 277 g/mol. The molecule has 0 N–H and O–H groups in total. The van der Waals surface area contributed by atoms with E-state index in [0.717, 1.165) is 4.90 Å². The first-order valence-corrected chi connectivity index (χ1v) is 6.86. The van der Waals surface area contributed by atoms with Gasteiger partial charge in [0.15, 0.2) is 5.69 Å². The Morgan fingerprint density at radius 1 is 1.16 bits per heavy atom. The zero-order chi connectivity index (χ0) is 14.7. The van der Waals surface area contributed by atoms with Gasteiger partial charge in [0.25, 0.3) is 0 Å². The summed E-state index contributed by atoms with van der Waals surface area (Å²) in [6.45, 7) is 16.2. The zero-order valence-corrected chi connectivity index (χ0v) is 12.8. The molecule has 0 aliphatic rings. The summed E-state index contributed by atoms with van der Waals surface area (Å²) < 4.78 is 4.75. The van der Waals surface area contributed by atoms with Gasteiger partial charge in [-0.25, -0.2) is 4.85 Å². The number of benzene rings is 1. The number of carbonyl (C=O) groups excluding carboxylic acids is 1. The molecule has 0 radical (unpaired) electrons. The number of thioether (sulfide) groups is 1. The molecule has 0 aliphatic carbocycles. The highest BCUT2D eigenvalue weighted by atomic mass is 32.2. The fraction of sp³-hybridized carbons (Fsp3) is 0.467. The molecule has 0 fully saturated rings. The molecule has 3 nitrogen and oxygen atoms in total. The lowest BCUT2D eigenvalue weighted by Gasteiger charge is -2.28.